The second-order valence-corrected chi connectivity index (χ2v) is 10.1. The number of aromatic hydroxyl groups is 1. The van der Waals surface area contributed by atoms with Gasteiger partial charge in [-0.15, -0.1) is 0 Å². The van der Waals surface area contributed by atoms with Gasteiger partial charge in [-0.1, -0.05) is 0 Å². The summed E-state index contributed by atoms with van der Waals surface area (Å²) >= 11 is 3.45. The number of hydrogen-bond acceptors (Lipinski definition) is 7. The van der Waals surface area contributed by atoms with Crippen molar-refractivity contribution in [3.8, 4) is 11.6 Å². The Morgan fingerprint density at radius 1 is 0.919 bits per heavy atom. The Morgan fingerprint density at radius 3 is 2.27 bits per heavy atom. The monoisotopic (exact) mass is 567 g/mol. The maximum atomic E-state index is 12.7. The van der Waals surface area contributed by atoms with E-state index in [2.05, 4.69) is 52.7 Å². The zero-order valence-corrected chi connectivity index (χ0v) is 22.1. The van der Waals surface area contributed by atoms with Crippen LogP contribution in [-0.2, 0) is 0 Å². The number of H-pyrrole nitrogens is 3. The predicted molar refractivity (Wildman–Crippen MR) is 147 cm³/mol. The summed E-state index contributed by atoms with van der Waals surface area (Å²) in [4.78, 5) is 54.0. The topological polar surface area (TPSA) is 143 Å². The minimum Gasteiger partial charge on any atom is -0.493 e. The summed E-state index contributed by atoms with van der Waals surface area (Å²) in [6, 6.07) is 7.16. The summed E-state index contributed by atoms with van der Waals surface area (Å²) in [6.07, 6.45) is 1.24. The first-order valence-corrected chi connectivity index (χ1v) is 12.5. The van der Waals surface area contributed by atoms with Crippen LogP contribution in [-0.4, -0.2) is 69.0 Å². The SMILES string of the molecule is Cc1cc(Br)c(-n2c(O)c(C=Nc3cc4[nH]c(=O)[nH]c4cc3N3CCN(C)CC3)c(=O)[nH]c2=O)cc1C. The van der Waals surface area contributed by atoms with E-state index >= 15 is 0 Å². The quantitative estimate of drug-likeness (QED) is 0.279. The lowest BCUT2D eigenvalue weighted by Gasteiger charge is -2.34. The molecule has 1 fully saturated rings. The van der Waals surface area contributed by atoms with Crippen molar-refractivity contribution in [3.05, 3.63) is 76.8 Å². The van der Waals surface area contributed by atoms with Gasteiger partial charge in [0.15, 0.2) is 0 Å². The second kappa shape index (κ2) is 9.52. The van der Waals surface area contributed by atoms with Gasteiger partial charge >= 0.3 is 11.4 Å². The number of aromatic nitrogens is 4. The van der Waals surface area contributed by atoms with Crippen molar-refractivity contribution < 1.29 is 5.11 Å². The van der Waals surface area contributed by atoms with Crippen molar-refractivity contribution in [1.82, 2.24) is 24.4 Å². The van der Waals surface area contributed by atoms with Crippen LogP contribution in [0.25, 0.3) is 16.7 Å². The molecule has 2 aromatic heterocycles. The number of piperazine rings is 1. The van der Waals surface area contributed by atoms with E-state index in [-0.39, 0.29) is 11.3 Å². The van der Waals surface area contributed by atoms with Gasteiger partial charge in [-0.2, -0.15) is 0 Å². The van der Waals surface area contributed by atoms with Crippen LogP contribution in [0, 0.1) is 13.8 Å². The number of aryl methyl sites for hydroxylation is 2. The number of rotatable bonds is 4. The molecule has 0 atom stereocenters. The molecule has 2 aromatic carbocycles. The Bertz CT molecular complexity index is 1720. The summed E-state index contributed by atoms with van der Waals surface area (Å²) in [7, 11) is 2.06. The van der Waals surface area contributed by atoms with E-state index < -0.39 is 17.1 Å². The third-order valence-corrected chi connectivity index (χ3v) is 7.35. The van der Waals surface area contributed by atoms with Gasteiger partial charge in [0.05, 0.1) is 28.1 Å². The predicted octanol–water partition coefficient (Wildman–Crippen LogP) is 2.28. The molecule has 0 spiro atoms. The molecule has 1 aliphatic heterocycles. The van der Waals surface area contributed by atoms with Crippen LogP contribution >= 0.6 is 15.9 Å². The molecule has 0 unspecified atom stereocenters. The van der Waals surface area contributed by atoms with Gasteiger partial charge in [-0.05, 0) is 72.2 Å². The van der Waals surface area contributed by atoms with Gasteiger partial charge in [-0.3, -0.25) is 14.8 Å². The van der Waals surface area contributed by atoms with Crippen LogP contribution in [0.4, 0.5) is 11.4 Å². The fraction of sp³-hybridized carbons (Fsp3) is 0.280. The number of aromatic amines is 3. The summed E-state index contributed by atoms with van der Waals surface area (Å²) in [5.41, 5.74) is 2.78. The zero-order chi connectivity index (χ0) is 26.4. The number of fused-ring (bicyclic) bond motifs is 1. The Morgan fingerprint density at radius 2 is 1.57 bits per heavy atom. The fourth-order valence-electron chi connectivity index (χ4n) is 4.41. The summed E-state index contributed by atoms with van der Waals surface area (Å²) < 4.78 is 1.62. The second-order valence-electron chi connectivity index (χ2n) is 9.23. The maximum absolute atomic E-state index is 12.7. The number of halogens is 1. The first-order valence-electron chi connectivity index (χ1n) is 11.7. The molecule has 12 heteroatoms. The minimum atomic E-state index is -0.770. The largest absolute Gasteiger partial charge is 0.493 e. The number of nitrogens with one attached hydrogen (secondary N) is 3. The normalized spacial score (nSPS) is 14.8. The molecule has 0 amide bonds. The van der Waals surface area contributed by atoms with Crippen molar-refractivity contribution in [2.75, 3.05) is 38.1 Å². The van der Waals surface area contributed by atoms with Crippen molar-refractivity contribution in [1.29, 1.82) is 0 Å². The highest BCUT2D eigenvalue weighted by Crippen LogP contribution is 2.33. The third kappa shape index (κ3) is 4.65. The molecular weight excluding hydrogens is 542 g/mol. The Kier molecular flexibility index (Phi) is 6.38. The van der Waals surface area contributed by atoms with E-state index in [1.807, 2.05) is 26.0 Å². The number of likely N-dealkylation sites (N-methyl/N-ethyl adjacent to an activating group) is 1. The molecule has 0 bridgehead atoms. The molecule has 0 aliphatic carbocycles. The first kappa shape index (κ1) is 24.8. The smallest absolute Gasteiger partial charge is 0.335 e. The number of benzene rings is 2. The van der Waals surface area contributed by atoms with Crippen molar-refractivity contribution in [2.45, 2.75) is 13.8 Å². The van der Waals surface area contributed by atoms with Crippen molar-refractivity contribution in [3.63, 3.8) is 0 Å². The summed E-state index contributed by atoms with van der Waals surface area (Å²) in [5, 5.41) is 11.1. The van der Waals surface area contributed by atoms with E-state index in [0.717, 1.165) is 47.6 Å². The Balaban J connectivity index is 1.64. The van der Waals surface area contributed by atoms with E-state index in [1.165, 1.54) is 6.21 Å². The lowest BCUT2D eigenvalue weighted by molar-refractivity contribution is 0.313. The molecule has 0 saturated carbocycles. The standard InChI is InChI=1S/C25H26BrN7O4/c1-13-8-16(26)20(9-14(13)2)33-23(35)15(22(34)30-25(33)37)12-27-19-10-17-18(29-24(36)28-17)11-21(19)32-6-4-31(3)5-7-32/h8-12,35H,4-7H2,1-3H3,(H2,28,29,36)(H,30,34,37). The Labute approximate surface area is 219 Å². The van der Waals surface area contributed by atoms with E-state index in [0.29, 0.717) is 26.9 Å². The molecule has 4 N–H and O–H groups in total. The highest BCUT2D eigenvalue weighted by molar-refractivity contribution is 9.10. The van der Waals surface area contributed by atoms with Crippen LogP contribution in [0.5, 0.6) is 5.88 Å². The van der Waals surface area contributed by atoms with Gasteiger partial charge in [-0.25, -0.2) is 14.2 Å². The summed E-state index contributed by atoms with van der Waals surface area (Å²) in [5.74, 6) is -0.529. The van der Waals surface area contributed by atoms with Crippen molar-refractivity contribution in [2.24, 2.45) is 4.99 Å². The molecule has 5 rings (SSSR count). The van der Waals surface area contributed by atoms with Crippen LogP contribution < -0.4 is 21.8 Å². The van der Waals surface area contributed by atoms with Crippen LogP contribution in [0.2, 0.25) is 0 Å². The summed E-state index contributed by atoms with van der Waals surface area (Å²) in [6.45, 7) is 7.07. The van der Waals surface area contributed by atoms with Crippen molar-refractivity contribution >= 4 is 44.6 Å². The number of aliphatic imine (C=N–C) groups is 1. The minimum absolute atomic E-state index is 0.170. The number of anilines is 1. The lowest BCUT2D eigenvalue weighted by atomic mass is 10.1. The first-order chi connectivity index (χ1) is 17.6. The molecule has 1 aliphatic rings. The van der Waals surface area contributed by atoms with Gasteiger partial charge < -0.3 is 24.9 Å². The molecule has 1 saturated heterocycles. The zero-order valence-electron chi connectivity index (χ0n) is 20.6. The number of imidazole rings is 1. The maximum Gasteiger partial charge on any atom is 0.335 e. The highest BCUT2D eigenvalue weighted by atomic mass is 79.9. The highest BCUT2D eigenvalue weighted by Gasteiger charge is 2.20. The van der Waals surface area contributed by atoms with E-state index in [1.54, 1.807) is 12.1 Å². The van der Waals surface area contributed by atoms with E-state index in [9.17, 15) is 19.5 Å². The van der Waals surface area contributed by atoms with Gasteiger partial charge in [0, 0.05) is 36.9 Å². The van der Waals surface area contributed by atoms with Gasteiger partial charge in [0.25, 0.3) is 5.56 Å². The molecule has 0 radical (unpaired) electrons. The third-order valence-electron chi connectivity index (χ3n) is 6.71. The van der Waals surface area contributed by atoms with E-state index in [4.69, 9.17) is 0 Å². The van der Waals surface area contributed by atoms with Gasteiger partial charge in [0.1, 0.15) is 5.56 Å². The molecule has 192 valence electrons. The molecular formula is C25H26BrN7O4. The molecule has 4 aromatic rings. The molecule has 3 heterocycles. The van der Waals surface area contributed by atoms with Crippen LogP contribution in [0.3, 0.4) is 0 Å². The van der Waals surface area contributed by atoms with Gasteiger partial charge in [0.2, 0.25) is 5.88 Å². The average Bonchev–Trinajstić information content (AvgIpc) is 3.20. The number of hydrogen-bond donors (Lipinski definition) is 4. The van der Waals surface area contributed by atoms with Crippen LogP contribution in [0.1, 0.15) is 16.7 Å². The fourth-order valence-corrected chi connectivity index (χ4v) is 5.05. The molecule has 11 nitrogen and oxygen atoms in total. The lowest BCUT2D eigenvalue weighted by Crippen LogP contribution is -2.44. The number of nitrogens with zero attached hydrogens (tertiary/aromatic N) is 4. The average molecular weight is 568 g/mol. The van der Waals surface area contributed by atoms with Crippen LogP contribution in [0.15, 0.2) is 48.1 Å². The molecule has 37 heavy (non-hydrogen) atoms. The Hall–Kier alpha value is -3.90.